The number of benzene rings is 5. The summed E-state index contributed by atoms with van der Waals surface area (Å²) in [6.45, 7) is -3.32. The number of ether oxygens (including phenoxy) is 2. The van der Waals surface area contributed by atoms with Gasteiger partial charge < -0.3 is 9.47 Å². The lowest BCUT2D eigenvalue weighted by Gasteiger charge is -2.13. The highest BCUT2D eigenvalue weighted by Gasteiger charge is 2.32. The SMILES string of the molecule is O=C(OCc1c(F)c(F)c(F)c(F)c1F)c1cc(C#Cc2ccc(C(F)(F)F)cc2)c(C(=O)OCc2c(F)c(F)c(F)c(F)c2F)cc1C#Cc1ccc(C(F)(F)F)cc1. The van der Waals surface area contributed by atoms with Gasteiger partial charge >= 0.3 is 24.3 Å². The Hall–Kier alpha value is -6.96. The van der Waals surface area contributed by atoms with Crippen LogP contribution < -0.4 is 0 Å². The molecule has 0 radical (unpaired) electrons. The van der Waals surface area contributed by atoms with Crippen LogP contribution in [0.5, 0.6) is 0 Å². The van der Waals surface area contributed by atoms with E-state index in [-0.39, 0.29) is 11.1 Å². The maximum absolute atomic E-state index is 14.4. The summed E-state index contributed by atoms with van der Waals surface area (Å²) in [4.78, 5) is 26.8. The summed E-state index contributed by atoms with van der Waals surface area (Å²) in [6.07, 6.45) is -9.58. The fraction of sp³-hybridized carbons (Fsp3) is 0.100. The van der Waals surface area contributed by atoms with Crippen molar-refractivity contribution in [1.29, 1.82) is 0 Å². The number of halogens is 16. The van der Waals surface area contributed by atoms with Crippen molar-refractivity contribution in [3.05, 3.63) is 174 Å². The molecule has 5 aromatic rings. The minimum atomic E-state index is -4.79. The van der Waals surface area contributed by atoms with Crippen LogP contribution >= 0.6 is 0 Å². The molecule has 5 aromatic carbocycles. The summed E-state index contributed by atoms with van der Waals surface area (Å²) in [5.41, 5.74) is -9.10. The Morgan fingerprint density at radius 1 is 0.417 bits per heavy atom. The van der Waals surface area contributed by atoms with Gasteiger partial charge in [-0.3, -0.25) is 0 Å². The van der Waals surface area contributed by atoms with E-state index in [1.54, 1.807) is 0 Å². The van der Waals surface area contributed by atoms with E-state index in [0.717, 1.165) is 24.3 Å². The van der Waals surface area contributed by atoms with E-state index in [2.05, 4.69) is 23.7 Å². The summed E-state index contributed by atoms with van der Waals surface area (Å²) in [7, 11) is 0. The zero-order valence-electron chi connectivity index (χ0n) is 28.9. The highest BCUT2D eigenvalue weighted by atomic mass is 19.4. The molecule has 0 N–H and O–H groups in total. The Kier molecular flexibility index (Phi) is 12.6. The van der Waals surface area contributed by atoms with Gasteiger partial charge in [-0.2, -0.15) is 26.3 Å². The molecule has 5 rings (SSSR count). The molecule has 310 valence electrons. The van der Waals surface area contributed by atoms with Crippen molar-refractivity contribution in [2.75, 3.05) is 0 Å². The third kappa shape index (κ3) is 9.33. The van der Waals surface area contributed by atoms with Gasteiger partial charge in [0.1, 0.15) is 13.2 Å². The smallest absolute Gasteiger partial charge is 0.416 e. The van der Waals surface area contributed by atoms with Crippen molar-refractivity contribution in [2.45, 2.75) is 25.6 Å². The topological polar surface area (TPSA) is 52.6 Å². The molecule has 0 fully saturated rings. The Morgan fingerprint density at radius 3 is 0.950 bits per heavy atom. The first-order valence-electron chi connectivity index (χ1n) is 15.9. The standard InChI is InChI=1S/C40H14F16O4/c41-27-25(28(42)32(46)35(49)31(27)45)15-59-37(57)23-14-20(8-2-18-5-11-22(12-6-18)40(54,55)56)24(13-19(23)7-1-17-3-9-21(10-4-17)39(51,52)53)38(58)60-16-26-29(43)33(47)36(50)34(48)30(26)44/h3-6,9-14H,15-16H2. The van der Waals surface area contributed by atoms with Crippen LogP contribution in [-0.4, -0.2) is 11.9 Å². The van der Waals surface area contributed by atoms with Gasteiger partial charge in [0.15, 0.2) is 46.5 Å². The quantitative estimate of drug-likeness (QED) is 0.0561. The average Bonchev–Trinajstić information content (AvgIpc) is 3.21. The number of alkyl halides is 6. The second-order valence-electron chi connectivity index (χ2n) is 11.8. The molecule has 0 aliphatic heterocycles. The molecule has 0 amide bonds. The molecule has 60 heavy (non-hydrogen) atoms. The number of hydrogen-bond acceptors (Lipinski definition) is 4. The van der Waals surface area contributed by atoms with Crippen molar-refractivity contribution in [3.63, 3.8) is 0 Å². The molecule has 0 saturated heterocycles. The molecule has 0 aliphatic carbocycles. The number of carbonyl (C=O) groups is 2. The van der Waals surface area contributed by atoms with E-state index < -0.39 is 140 Å². The van der Waals surface area contributed by atoms with Crippen LogP contribution in [0.4, 0.5) is 70.2 Å². The normalized spacial score (nSPS) is 11.3. The monoisotopic (exact) mass is 862 g/mol. The maximum Gasteiger partial charge on any atom is 0.416 e. The third-order valence-electron chi connectivity index (χ3n) is 8.00. The predicted octanol–water partition coefficient (Wildman–Crippen LogP) is 10.6. The number of esters is 2. The van der Waals surface area contributed by atoms with Gasteiger partial charge in [-0.05, 0) is 60.7 Å². The molecule has 0 aliphatic rings. The summed E-state index contributed by atoms with van der Waals surface area (Å²) in [5, 5.41) is 0. The lowest BCUT2D eigenvalue weighted by atomic mass is 9.97. The van der Waals surface area contributed by atoms with Gasteiger partial charge in [0.05, 0.1) is 33.4 Å². The fourth-order valence-electron chi connectivity index (χ4n) is 4.89. The van der Waals surface area contributed by atoms with E-state index in [1.807, 2.05) is 0 Å². The number of hydrogen-bond donors (Lipinski definition) is 0. The maximum atomic E-state index is 14.4. The number of rotatable bonds is 6. The molecule has 0 aromatic heterocycles. The summed E-state index contributed by atoms with van der Waals surface area (Å²) < 4.78 is 228. The van der Waals surface area contributed by atoms with Gasteiger partial charge in [0.2, 0.25) is 11.6 Å². The number of carbonyl (C=O) groups excluding carboxylic acids is 2. The van der Waals surface area contributed by atoms with E-state index in [9.17, 15) is 79.8 Å². The van der Waals surface area contributed by atoms with Crippen LogP contribution in [0.25, 0.3) is 0 Å². The lowest BCUT2D eigenvalue weighted by Crippen LogP contribution is -2.15. The van der Waals surface area contributed by atoms with Gasteiger partial charge in [0, 0.05) is 22.3 Å². The largest absolute Gasteiger partial charge is 0.457 e. The second-order valence-corrected chi connectivity index (χ2v) is 11.8. The Labute approximate surface area is 325 Å². The molecule has 0 bridgehead atoms. The first-order chi connectivity index (χ1) is 28.0. The molecule has 0 atom stereocenters. The van der Waals surface area contributed by atoms with Crippen LogP contribution in [0, 0.1) is 81.9 Å². The molecule has 0 saturated carbocycles. The molecule has 0 heterocycles. The minimum Gasteiger partial charge on any atom is -0.457 e. The van der Waals surface area contributed by atoms with Crippen molar-refractivity contribution < 1.29 is 89.3 Å². The second kappa shape index (κ2) is 17.1. The molecule has 0 spiro atoms. The average molecular weight is 863 g/mol. The molecule has 0 unspecified atom stereocenters. The zero-order valence-corrected chi connectivity index (χ0v) is 28.9. The Bertz CT molecular complexity index is 2420. The van der Waals surface area contributed by atoms with Gasteiger partial charge in [-0.25, -0.2) is 53.5 Å². The van der Waals surface area contributed by atoms with Crippen molar-refractivity contribution in [1.82, 2.24) is 0 Å². The van der Waals surface area contributed by atoms with E-state index in [0.29, 0.717) is 36.4 Å². The predicted molar refractivity (Wildman–Crippen MR) is 172 cm³/mol. The van der Waals surface area contributed by atoms with E-state index in [1.165, 1.54) is 0 Å². The first-order valence-corrected chi connectivity index (χ1v) is 15.9. The third-order valence-corrected chi connectivity index (χ3v) is 8.00. The lowest BCUT2D eigenvalue weighted by molar-refractivity contribution is -0.138. The van der Waals surface area contributed by atoms with Crippen LogP contribution in [0.3, 0.4) is 0 Å². The van der Waals surface area contributed by atoms with Crippen LogP contribution in [0.2, 0.25) is 0 Å². The van der Waals surface area contributed by atoms with Gasteiger partial charge in [-0.1, -0.05) is 23.7 Å². The summed E-state index contributed by atoms with van der Waals surface area (Å²) >= 11 is 0. The highest BCUT2D eigenvalue weighted by molar-refractivity contribution is 5.98. The Morgan fingerprint density at radius 2 is 0.683 bits per heavy atom. The fourth-order valence-corrected chi connectivity index (χ4v) is 4.89. The highest BCUT2D eigenvalue weighted by Crippen LogP contribution is 2.31. The zero-order chi connectivity index (χ0) is 44.4. The summed E-state index contributed by atoms with van der Waals surface area (Å²) in [6, 6.07) is 6.95. The summed E-state index contributed by atoms with van der Waals surface area (Å²) in [5.74, 6) is -18.7. The van der Waals surface area contributed by atoms with Crippen LogP contribution in [0.15, 0.2) is 60.7 Å². The van der Waals surface area contributed by atoms with Crippen molar-refractivity contribution in [2.24, 2.45) is 0 Å². The first kappa shape index (κ1) is 44.1. The van der Waals surface area contributed by atoms with Crippen LogP contribution in [-0.2, 0) is 35.0 Å². The van der Waals surface area contributed by atoms with Gasteiger partial charge in [-0.15, -0.1) is 0 Å². The van der Waals surface area contributed by atoms with E-state index in [4.69, 9.17) is 9.47 Å². The molecule has 4 nitrogen and oxygen atoms in total. The van der Waals surface area contributed by atoms with Crippen LogP contribution in [0.1, 0.15) is 65.2 Å². The Balaban J connectivity index is 1.66. The van der Waals surface area contributed by atoms with Crippen molar-refractivity contribution >= 4 is 11.9 Å². The van der Waals surface area contributed by atoms with E-state index >= 15 is 0 Å². The molecule has 20 heteroatoms. The minimum absolute atomic E-state index is 0.203. The van der Waals surface area contributed by atoms with Gasteiger partial charge in [0.25, 0.3) is 0 Å². The van der Waals surface area contributed by atoms with Crippen molar-refractivity contribution in [3.8, 4) is 23.7 Å². The molecular formula is C40H14F16O4. The molecular weight excluding hydrogens is 848 g/mol.